The number of aromatic nitrogens is 4. The van der Waals surface area contributed by atoms with E-state index >= 15 is 8.78 Å². The van der Waals surface area contributed by atoms with Crippen molar-refractivity contribution in [2.75, 3.05) is 0 Å². The van der Waals surface area contributed by atoms with Crippen LogP contribution in [0.4, 0.5) is 8.78 Å². The molecule has 46 heavy (non-hydrogen) atoms. The van der Waals surface area contributed by atoms with Gasteiger partial charge in [-0.25, -0.2) is 18.7 Å². The van der Waals surface area contributed by atoms with Crippen LogP contribution in [-0.4, -0.2) is 37.9 Å². The van der Waals surface area contributed by atoms with E-state index in [1.807, 2.05) is 64.1 Å². The maximum Gasteiger partial charge on any atom is 0.144 e. The van der Waals surface area contributed by atoms with Gasteiger partial charge in [0.05, 0.1) is 27.6 Å². The summed E-state index contributed by atoms with van der Waals surface area (Å²) >= 11 is 3.58. The fraction of sp³-hybridized carbons (Fsp3) is 0.171. The van der Waals surface area contributed by atoms with Gasteiger partial charge in [0.2, 0.25) is 0 Å². The van der Waals surface area contributed by atoms with Crippen LogP contribution in [0.3, 0.4) is 0 Å². The molecule has 6 rings (SSSR count). The van der Waals surface area contributed by atoms with Crippen LogP contribution >= 0.6 is 15.9 Å². The average Bonchev–Trinajstić information content (AvgIpc) is 3.59. The zero-order valence-electron chi connectivity index (χ0n) is 25.7. The van der Waals surface area contributed by atoms with Gasteiger partial charge in [0.1, 0.15) is 40.6 Å². The van der Waals surface area contributed by atoms with Crippen molar-refractivity contribution in [3.05, 3.63) is 101 Å². The molecule has 0 aliphatic rings. The van der Waals surface area contributed by atoms with Gasteiger partial charge in [0.15, 0.2) is 0 Å². The van der Waals surface area contributed by atoms with Gasteiger partial charge in [0.25, 0.3) is 0 Å². The van der Waals surface area contributed by atoms with Crippen molar-refractivity contribution >= 4 is 49.5 Å². The zero-order valence-corrected chi connectivity index (χ0v) is 27.3. The van der Waals surface area contributed by atoms with Crippen LogP contribution in [0.25, 0.3) is 50.5 Å². The monoisotopic (exact) mass is 683 g/mol. The van der Waals surface area contributed by atoms with E-state index in [9.17, 15) is 0 Å². The summed E-state index contributed by atoms with van der Waals surface area (Å²) < 4.78 is 37.2. The van der Waals surface area contributed by atoms with Crippen molar-refractivity contribution in [1.29, 1.82) is 0 Å². The molecule has 6 aromatic rings. The highest BCUT2D eigenvalue weighted by Crippen LogP contribution is 2.35. The van der Waals surface area contributed by atoms with E-state index in [2.05, 4.69) is 47.8 Å². The van der Waals surface area contributed by atoms with Crippen LogP contribution in [0.1, 0.15) is 38.8 Å². The van der Waals surface area contributed by atoms with Crippen LogP contribution in [0.5, 0.6) is 11.5 Å². The molecule has 0 amide bonds. The van der Waals surface area contributed by atoms with Gasteiger partial charge in [-0.2, -0.15) is 0 Å². The number of amidine groups is 1. The quantitative estimate of drug-likeness (QED) is 0.0899. The molecule has 4 aromatic carbocycles. The van der Waals surface area contributed by atoms with Gasteiger partial charge < -0.3 is 25.8 Å². The fourth-order valence-electron chi connectivity index (χ4n) is 5.12. The molecule has 5 N–H and O–H groups in total. The van der Waals surface area contributed by atoms with Crippen molar-refractivity contribution in [3.8, 4) is 34.3 Å². The number of H-pyrrole nitrogens is 2. The largest absolute Gasteiger partial charge is 0.457 e. The Bertz CT molecular complexity index is 2130. The molecule has 0 saturated carbocycles. The zero-order chi connectivity index (χ0) is 32.7. The van der Waals surface area contributed by atoms with Crippen molar-refractivity contribution < 1.29 is 13.5 Å². The summed E-state index contributed by atoms with van der Waals surface area (Å²) in [6, 6.07) is 19.0. The number of halogens is 3. The highest BCUT2D eigenvalue weighted by molar-refractivity contribution is 9.10. The van der Waals surface area contributed by atoms with E-state index in [1.165, 1.54) is 0 Å². The average molecular weight is 685 g/mol. The molecule has 0 saturated heterocycles. The summed E-state index contributed by atoms with van der Waals surface area (Å²) in [6.45, 7) is 12.0. The van der Waals surface area contributed by atoms with E-state index in [0.717, 1.165) is 45.6 Å². The summed E-state index contributed by atoms with van der Waals surface area (Å²) in [7, 11) is 0. The standard InChI is InChI=1S/C35H32BrF2N7O/c1-17(2)40-19(5)20-6-10-29-30(12-20)45-35(43-29)32-26(37)15-23(16-27(32)38)46-22-8-9-24(25(36)14-22)34-42-28-11-7-21(13-31(28)44-34)33(39)41-18(3)4/h6-18,40H,5H2,1-4H3,(H2,39,41)(H,42,44)(H,43,45). The molecule has 0 aliphatic carbocycles. The molecule has 0 fully saturated rings. The minimum absolute atomic E-state index is 0.00442. The minimum Gasteiger partial charge on any atom is -0.457 e. The number of fused-ring (bicyclic) bond motifs is 2. The minimum atomic E-state index is -0.809. The van der Waals surface area contributed by atoms with Crippen molar-refractivity contribution in [1.82, 2.24) is 25.3 Å². The molecule has 0 aliphatic heterocycles. The maximum atomic E-state index is 15.3. The molecule has 234 valence electrons. The van der Waals surface area contributed by atoms with E-state index in [-0.39, 0.29) is 29.2 Å². The number of hydrogen-bond donors (Lipinski definition) is 4. The summed E-state index contributed by atoms with van der Waals surface area (Å²) in [6.07, 6.45) is 0. The highest BCUT2D eigenvalue weighted by atomic mass is 79.9. The number of ether oxygens (including phenoxy) is 1. The van der Waals surface area contributed by atoms with Crippen molar-refractivity contribution in [2.45, 2.75) is 39.8 Å². The van der Waals surface area contributed by atoms with Gasteiger partial charge >= 0.3 is 0 Å². The lowest BCUT2D eigenvalue weighted by Crippen LogP contribution is -2.20. The second-order valence-electron chi connectivity index (χ2n) is 11.5. The first-order valence-electron chi connectivity index (χ1n) is 14.7. The third-order valence-electron chi connectivity index (χ3n) is 7.15. The third-order valence-corrected chi connectivity index (χ3v) is 7.81. The van der Waals surface area contributed by atoms with E-state index < -0.39 is 11.6 Å². The normalized spacial score (nSPS) is 12.1. The number of rotatable bonds is 9. The van der Waals surface area contributed by atoms with Crippen LogP contribution in [-0.2, 0) is 0 Å². The number of nitrogens with zero attached hydrogens (tertiary/aromatic N) is 3. The smallest absolute Gasteiger partial charge is 0.144 e. The number of aliphatic imine (C=N–C) groups is 1. The maximum absolute atomic E-state index is 15.3. The second-order valence-corrected chi connectivity index (χ2v) is 12.4. The van der Waals surface area contributed by atoms with Crippen LogP contribution in [0.15, 0.2) is 82.8 Å². The predicted octanol–water partition coefficient (Wildman–Crippen LogP) is 8.69. The van der Waals surface area contributed by atoms with Gasteiger partial charge in [-0.3, -0.25) is 4.99 Å². The molecule has 0 bridgehead atoms. The molecular formula is C35H32BrF2N7O. The summed E-state index contributed by atoms with van der Waals surface area (Å²) in [5, 5.41) is 3.26. The molecule has 0 radical (unpaired) electrons. The predicted molar refractivity (Wildman–Crippen MR) is 184 cm³/mol. The Morgan fingerprint density at radius 1 is 0.848 bits per heavy atom. The summed E-state index contributed by atoms with van der Waals surface area (Å²) in [4.78, 5) is 19.9. The number of nitrogens with one attached hydrogen (secondary N) is 3. The van der Waals surface area contributed by atoms with E-state index in [1.54, 1.807) is 18.2 Å². The first-order chi connectivity index (χ1) is 21.9. The lowest BCUT2D eigenvalue weighted by atomic mass is 10.1. The Morgan fingerprint density at radius 3 is 2.09 bits per heavy atom. The molecular weight excluding hydrogens is 652 g/mol. The molecule has 2 aromatic heterocycles. The number of imidazole rings is 2. The third kappa shape index (κ3) is 6.36. The molecule has 0 spiro atoms. The first kappa shape index (κ1) is 31.0. The van der Waals surface area contributed by atoms with Crippen molar-refractivity contribution in [3.63, 3.8) is 0 Å². The van der Waals surface area contributed by atoms with Crippen LogP contribution < -0.4 is 15.8 Å². The Morgan fingerprint density at radius 2 is 1.46 bits per heavy atom. The van der Waals surface area contributed by atoms with Crippen molar-refractivity contribution in [2.24, 2.45) is 10.7 Å². The number of nitrogens with two attached hydrogens (primary N) is 1. The van der Waals surface area contributed by atoms with Crippen LogP contribution in [0, 0.1) is 11.6 Å². The Hall–Kier alpha value is -5.03. The molecule has 11 heteroatoms. The summed E-state index contributed by atoms with van der Waals surface area (Å²) in [5.41, 5.74) is 11.9. The Kier molecular flexibility index (Phi) is 8.35. The summed E-state index contributed by atoms with van der Waals surface area (Å²) in [5.74, 6) is -0.0618. The number of hydrogen-bond acceptors (Lipinski definition) is 5. The second kappa shape index (κ2) is 12.4. The lowest BCUT2D eigenvalue weighted by Gasteiger charge is -2.12. The Labute approximate surface area is 273 Å². The lowest BCUT2D eigenvalue weighted by molar-refractivity contribution is 0.469. The van der Waals surface area contributed by atoms with Gasteiger partial charge in [0, 0.05) is 45.5 Å². The molecule has 0 atom stereocenters. The van der Waals surface area contributed by atoms with E-state index in [0.29, 0.717) is 32.9 Å². The van der Waals surface area contributed by atoms with Gasteiger partial charge in [-0.15, -0.1) is 0 Å². The fourth-order valence-corrected chi connectivity index (χ4v) is 5.66. The molecule has 8 nitrogen and oxygen atoms in total. The van der Waals surface area contributed by atoms with E-state index in [4.69, 9.17) is 15.5 Å². The SMILES string of the molecule is C=C(NC(C)C)c1ccc2nc(-c3c(F)cc(Oc4ccc(-c5nc6ccc(C(N)=NC(C)C)cc6[nH]5)c(Br)c4)cc3F)[nH]c2c1. The molecule has 2 heterocycles. The van der Waals surface area contributed by atoms with Gasteiger partial charge in [-0.05, 0) is 97.7 Å². The van der Waals surface area contributed by atoms with Gasteiger partial charge in [-0.1, -0.05) is 12.6 Å². The van der Waals surface area contributed by atoms with Crippen LogP contribution in [0.2, 0.25) is 0 Å². The number of benzene rings is 4. The molecule has 0 unspecified atom stereocenters. The highest BCUT2D eigenvalue weighted by Gasteiger charge is 2.19. The number of aromatic amines is 2. The first-order valence-corrected chi connectivity index (χ1v) is 15.5. The Balaban J connectivity index is 1.22. The topological polar surface area (TPSA) is 117 Å².